The fourth-order valence-electron chi connectivity index (χ4n) is 1.22. The number of halogens is 2. The Hall–Kier alpha value is 0.537. The molecule has 0 saturated carbocycles. The summed E-state index contributed by atoms with van der Waals surface area (Å²) in [7, 11) is -1.47. The molecule has 0 aromatic carbocycles. The molecule has 3 heteroatoms. The van der Waals surface area contributed by atoms with E-state index < -0.39 is 7.42 Å². The van der Waals surface area contributed by atoms with Gasteiger partial charge in [-0.15, -0.1) is 6.58 Å². The fourth-order valence-corrected chi connectivity index (χ4v) is 3.48. The predicted molar refractivity (Wildman–Crippen MR) is 61.6 cm³/mol. The highest BCUT2D eigenvalue weighted by atomic mass is 35.7. The normalized spacial score (nSPS) is 13.3. The number of hydrogen-bond donors (Lipinski definition) is 0. The molecule has 1 atom stereocenters. The Labute approximate surface area is 87.0 Å². The van der Waals surface area contributed by atoms with E-state index in [0.29, 0.717) is 5.54 Å². The smallest absolute Gasteiger partial charge is 0.150 e. The summed E-state index contributed by atoms with van der Waals surface area (Å²) in [5.41, 5.74) is 0.539. The SMILES string of the molecule is C=CCC(CCCCC)[SiH](Cl)Cl. The predicted octanol–water partition coefficient (Wildman–Crippen LogP) is 4.21. The molecule has 0 nitrogen and oxygen atoms in total. The monoisotopic (exact) mass is 224 g/mol. The Balaban J connectivity index is 3.55. The highest BCUT2D eigenvalue weighted by Gasteiger charge is 2.16. The van der Waals surface area contributed by atoms with E-state index >= 15 is 0 Å². The van der Waals surface area contributed by atoms with Crippen LogP contribution in [0.25, 0.3) is 0 Å². The van der Waals surface area contributed by atoms with Crippen LogP contribution in [0.15, 0.2) is 12.7 Å². The van der Waals surface area contributed by atoms with Crippen molar-refractivity contribution in [1.29, 1.82) is 0 Å². The lowest BCUT2D eigenvalue weighted by atomic mass is 10.1. The van der Waals surface area contributed by atoms with E-state index in [9.17, 15) is 0 Å². The van der Waals surface area contributed by atoms with Gasteiger partial charge < -0.3 is 0 Å². The molecule has 1 unspecified atom stereocenters. The summed E-state index contributed by atoms with van der Waals surface area (Å²) in [5, 5.41) is 0. The van der Waals surface area contributed by atoms with Crippen LogP contribution in [0.4, 0.5) is 0 Å². The summed E-state index contributed by atoms with van der Waals surface area (Å²) < 4.78 is 0. The lowest BCUT2D eigenvalue weighted by molar-refractivity contribution is 0.634. The highest BCUT2D eigenvalue weighted by molar-refractivity contribution is 7.34. The van der Waals surface area contributed by atoms with Crippen molar-refractivity contribution in [3.63, 3.8) is 0 Å². The van der Waals surface area contributed by atoms with Crippen molar-refractivity contribution < 1.29 is 0 Å². The van der Waals surface area contributed by atoms with Crippen LogP contribution in [0.3, 0.4) is 0 Å². The third-order valence-corrected chi connectivity index (χ3v) is 5.46. The van der Waals surface area contributed by atoms with Gasteiger partial charge in [0.25, 0.3) is 0 Å². The van der Waals surface area contributed by atoms with Crippen molar-refractivity contribution in [3.8, 4) is 0 Å². The summed E-state index contributed by atoms with van der Waals surface area (Å²) in [6.45, 7) is 5.92. The third kappa shape index (κ3) is 6.10. The number of rotatable bonds is 7. The maximum atomic E-state index is 5.96. The Morgan fingerprint density at radius 2 is 2.08 bits per heavy atom. The van der Waals surface area contributed by atoms with Crippen LogP contribution in [0.1, 0.15) is 39.0 Å². The Morgan fingerprint density at radius 1 is 1.42 bits per heavy atom. The molecule has 0 radical (unpaired) electrons. The molecule has 0 aromatic rings. The molecule has 0 aliphatic heterocycles. The second kappa shape index (κ2) is 8.15. The Kier molecular flexibility index (Phi) is 8.51. The number of hydrogen-bond acceptors (Lipinski definition) is 0. The molecular weight excluding hydrogens is 207 g/mol. The molecule has 0 rings (SSSR count). The standard InChI is InChI=1S/C9H18Cl2Si/c1-3-5-6-8-9(7-4-2)12(10)11/h4,9,12H,2-3,5-8H2,1H3. The molecule has 0 N–H and O–H groups in total. The van der Waals surface area contributed by atoms with Gasteiger partial charge in [0.2, 0.25) is 7.42 Å². The average Bonchev–Trinajstić information content (AvgIpc) is 2.03. The molecule has 72 valence electrons. The lowest BCUT2D eigenvalue weighted by Crippen LogP contribution is -2.06. The molecule has 0 aliphatic rings. The van der Waals surface area contributed by atoms with E-state index in [-0.39, 0.29) is 0 Å². The lowest BCUT2D eigenvalue weighted by Gasteiger charge is -2.13. The van der Waals surface area contributed by atoms with Gasteiger partial charge in [-0.25, -0.2) is 0 Å². The largest absolute Gasteiger partial charge is 0.240 e. The van der Waals surface area contributed by atoms with E-state index in [1.165, 1.54) is 25.7 Å². The van der Waals surface area contributed by atoms with E-state index in [2.05, 4.69) is 13.5 Å². The summed E-state index contributed by atoms with van der Waals surface area (Å²) in [6.07, 6.45) is 7.93. The quantitative estimate of drug-likeness (QED) is 0.263. The maximum absolute atomic E-state index is 5.96. The van der Waals surface area contributed by atoms with Gasteiger partial charge in [0.1, 0.15) is 0 Å². The minimum Gasteiger partial charge on any atom is -0.150 e. The van der Waals surface area contributed by atoms with E-state index in [1.54, 1.807) is 0 Å². The number of allylic oxidation sites excluding steroid dienone is 1. The van der Waals surface area contributed by atoms with Crippen LogP contribution in [0.2, 0.25) is 5.54 Å². The van der Waals surface area contributed by atoms with Gasteiger partial charge in [0.05, 0.1) is 0 Å². The second-order valence-electron chi connectivity index (χ2n) is 3.11. The first-order valence-electron chi connectivity index (χ1n) is 4.61. The zero-order valence-corrected chi connectivity index (χ0v) is 10.4. The average molecular weight is 225 g/mol. The summed E-state index contributed by atoms with van der Waals surface area (Å²) in [6, 6.07) is 0. The second-order valence-corrected chi connectivity index (χ2v) is 8.22. The highest BCUT2D eigenvalue weighted by Crippen LogP contribution is 2.27. The summed E-state index contributed by atoms with van der Waals surface area (Å²) in [5.74, 6) is 0. The van der Waals surface area contributed by atoms with Crippen molar-refractivity contribution in [1.82, 2.24) is 0 Å². The van der Waals surface area contributed by atoms with E-state index in [1.807, 2.05) is 6.08 Å². The molecular formula is C9H18Cl2Si. The number of unbranched alkanes of at least 4 members (excludes halogenated alkanes) is 2. The summed E-state index contributed by atoms with van der Waals surface area (Å²) in [4.78, 5) is 0. The molecule has 0 fully saturated rings. The van der Waals surface area contributed by atoms with Crippen molar-refractivity contribution >= 4 is 29.6 Å². The molecule has 0 saturated heterocycles. The zero-order valence-electron chi connectivity index (χ0n) is 7.73. The van der Waals surface area contributed by atoms with Crippen LogP contribution in [-0.4, -0.2) is 7.42 Å². The van der Waals surface area contributed by atoms with Gasteiger partial charge in [-0.2, -0.15) is 22.2 Å². The minimum atomic E-state index is -1.47. The molecule has 0 spiro atoms. The van der Waals surface area contributed by atoms with E-state index in [0.717, 1.165) is 6.42 Å². The first kappa shape index (κ1) is 12.5. The van der Waals surface area contributed by atoms with Gasteiger partial charge >= 0.3 is 0 Å². The van der Waals surface area contributed by atoms with Gasteiger partial charge in [-0.05, 0) is 12.0 Å². The van der Waals surface area contributed by atoms with Crippen LogP contribution in [0, 0.1) is 0 Å². The Bertz CT molecular complexity index is 115. The Morgan fingerprint density at radius 3 is 2.50 bits per heavy atom. The minimum absolute atomic E-state index is 0.539. The topological polar surface area (TPSA) is 0 Å². The van der Waals surface area contributed by atoms with Crippen molar-refractivity contribution in [2.24, 2.45) is 0 Å². The van der Waals surface area contributed by atoms with Crippen molar-refractivity contribution in [3.05, 3.63) is 12.7 Å². The van der Waals surface area contributed by atoms with Gasteiger partial charge in [-0.1, -0.05) is 38.7 Å². The van der Waals surface area contributed by atoms with Crippen LogP contribution in [0.5, 0.6) is 0 Å². The van der Waals surface area contributed by atoms with Gasteiger partial charge in [0.15, 0.2) is 0 Å². The van der Waals surface area contributed by atoms with Crippen LogP contribution in [-0.2, 0) is 0 Å². The molecule has 0 aliphatic carbocycles. The van der Waals surface area contributed by atoms with Gasteiger partial charge in [-0.3, -0.25) is 0 Å². The third-order valence-electron chi connectivity index (χ3n) is 2.00. The fraction of sp³-hybridized carbons (Fsp3) is 0.778. The first-order chi connectivity index (χ1) is 5.72. The molecule has 12 heavy (non-hydrogen) atoms. The van der Waals surface area contributed by atoms with Crippen LogP contribution < -0.4 is 0 Å². The zero-order chi connectivity index (χ0) is 9.40. The molecule has 0 aromatic heterocycles. The molecule has 0 bridgehead atoms. The van der Waals surface area contributed by atoms with E-state index in [4.69, 9.17) is 22.2 Å². The first-order valence-corrected chi connectivity index (χ1v) is 8.77. The van der Waals surface area contributed by atoms with Gasteiger partial charge in [0, 0.05) is 0 Å². The maximum Gasteiger partial charge on any atom is 0.240 e. The van der Waals surface area contributed by atoms with Crippen molar-refractivity contribution in [2.75, 3.05) is 0 Å². The molecule has 0 amide bonds. The van der Waals surface area contributed by atoms with Crippen molar-refractivity contribution in [2.45, 2.75) is 44.6 Å². The van der Waals surface area contributed by atoms with Crippen LogP contribution >= 0.6 is 22.2 Å². The molecule has 0 heterocycles. The summed E-state index contributed by atoms with van der Waals surface area (Å²) >= 11 is 11.9.